The van der Waals surface area contributed by atoms with Crippen LogP contribution in [0.5, 0.6) is 0 Å². The molecule has 1 N–H and O–H groups in total. The van der Waals surface area contributed by atoms with Gasteiger partial charge >= 0.3 is 5.97 Å². The minimum absolute atomic E-state index is 0.0792. The first-order valence-electron chi connectivity index (χ1n) is 6.21. The fourth-order valence-electron chi connectivity index (χ4n) is 1.95. The zero-order chi connectivity index (χ0) is 14.5. The van der Waals surface area contributed by atoms with E-state index in [0.29, 0.717) is 5.56 Å². The molecule has 0 saturated carbocycles. The lowest BCUT2D eigenvalue weighted by Gasteiger charge is -2.23. The first-order chi connectivity index (χ1) is 9.59. The van der Waals surface area contributed by atoms with Crippen molar-refractivity contribution in [2.75, 3.05) is 11.4 Å². The minimum Gasteiger partial charge on any atom is -0.481 e. The Morgan fingerprint density at radius 3 is 2.60 bits per heavy atom. The van der Waals surface area contributed by atoms with Crippen LogP contribution in [0.2, 0.25) is 0 Å². The lowest BCUT2D eigenvalue weighted by molar-refractivity contribution is -0.136. The normalized spacial score (nSPS) is 10.2. The Morgan fingerprint density at radius 1 is 1.25 bits per heavy atom. The van der Waals surface area contributed by atoms with Crippen molar-refractivity contribution in [3.63, 3.8) is 0 Å². The number of para-hydroxylation sites is 1. The average molecular weight is 289 g/mol. The number of hydrogen-bond acceptors (Lipinski definition) is 3. The first kappa shape index (κ1) is 14.3. The van der Waals surface area contributed by atoms with Gasteiger partial charge in [-0.05, 0) is 30.0 Å². The van der Waals surface area contributed by atoms with Crippen LogP contribution in [0, 0.1) is 6.92 Å². The van der Waals surface area contributed by atoms with E-state index in [9.17, 15) is 9.59 Å². The molecule has 0 aliphatic carbocycles. The molecule has 0 fully saturated rings. The zero-order valence-corrected chi connectivity index (χ0v) is 11.9. The van der Waals surface area contributed by atoms with Gasteiger partial charge in [-0.2, -0.15) is 11.3 Å². The molecule has 0 unspecified atom stereocenters. The highest BCUT2D eigenvalue weighted by molar-refractivity contribution is 7.08. The van der Waals surface area contributed by atoms with E-state index in [1.165, 1.54) is 16.2 Å². The molecule has 2 rings (SSSR count). The fourth-order valence-corrected chi connectivity index (χ4v) is 2.58. The van der Waals surface area contributed by atoms with E-state index in [0.717, 1.165) is 11.3 Å². The number of amides is 1. The summed E-state index contributed by atoms with van der Waals surface area (Å²) < 4.78 is 0. The third-order valence-electron chi connectivity index (χ3n) is 2.97. The van der Waals surface area contributed by atoms with Crippen LogP contribution in [-0.4, -0.2) is 23.5 Å². The molecule has 5 heteroatoms. The van der Waals surface area contributed by atoms with E-state index < -0.39 is 5.97 Å². The highest BCUT2D eigenvalue weighted by Gasteiger charge is 2.20. The predicted molar refractivity (Wildman–Crippen MR) is 79.4 cm³/mol. The van der Waals surface area contributed by atoms with Gasteiger partial charge in [0.15, 0.2) is 0 Å². The van der Waals surface area contributed by atoms with E-state index in [1.807, 2.05) is 36.6 Å². The molecule has 0 saturated heterocycles. The second kappa shape index (κ2) is 6.34. The molecule has 0 radical (unpaired) electrons. The second-order valence-corrected chi connectivity index (χ2v) is 5.18. The molecule has 20 heavy (non-hydrogen) atoms. The first-order valence-corrected chi connectivity index (χ1v) is 7.15. The van der Waals surface area contributed by atoms with Gasteiger partial charge in [0.1, 0.15) is 0 Å². The highest BCUT2D eigenvalue weighted by Crippen LogP contribution is 2.22. The summed E-state index contributed by atoms with van der Waals surface area (Å²) in [5.74, 6) is -1.08. The standard InChI is InChI=1S/C15H15NO3S/c1-11-4-2-3-5-13(11)16(8-6-14(17)18)15(19)12-7-9-20-10-12/h2-5,7,9-10H,6,8H2,1H3,(H,17,18). The SMILES string of the molecule is Cc1ccccc1N(CCC(=O)O)C(=O)c1ccsc1. The Kier molecular flexibility index (Phi) is 4.53. The van der Waals surface area contributed by atoms with Crippen LogP contribution in [0.1, 0.15) is 22.3 Å². The molecule has 0 bridgehead atoms. The average Bonchev–Trinajstić information content (AvgIpc) is 2.94. The van der Waals surface area contributed by atoms with Crippen molar-refractivity contribution in [3.8, 4) is 0 Å². The molecule has 1 aromatic carbocycles. The summed E-state index contributed by atoms with van der Waals surface area (Å²) in [7, 11) is 0. The molecule has 1 heterocycles. The number of hydrogen-bond donors (Lipinski definition) is 1. The van der Waals surface area contributed by atoms with Gasteiger partial charge in [-0.3, -0.25) is 9.59 Å². The molecule has 4 nitrogen and oxygen atoms in total. The third-order valence-corrected chi connectivity index (χ3v) is 3.65. The highest BCUT2D eigenvalue weighted by atomic mass is 32.1. The second-order valence-electron chi connectivity index (χ2n) is 4.40. The van der Waals surface area contributed by atoms with Gasteiger partial charge in [0, 0.05) is 17.6 Å². The number of nitrogens with zero attached hydrogens (tertiary/aromatic N) is 1. The lowest BCUT2D eigenvalue weighted by atomic mass is 10.1. The maximum Gasteiger partial charge on any atom is 0.305 e. The van der Waals surface area contributed by atoms with Crippen LogP contribution in [0.4, 0.5) is 5.69 Å². The van der Waals surface area contributed by atoms with Crippen LogP contribution in [0.3, 0.4) is 0 Å². The number of rotatable bonds is 5. The van der Waals surface area contributed by atoms with Crippen LogP contribution >= 0.6 is 11.3 Å². The van der Waals surface area contributed by atoms with Gasteiger partial charge in [-0.1, -0.05) is 18.2 Å². The number of carboxylic acids is 1. The van der Waals surface area contributed by atoms with Crippen molar-refractivity contribution >= 4 is 28.9 Å². The smallest absolute Gasteiger partial charge is 0.305 e. The summed E-state index contributed by atoms with van der Waals surface area (Å²) in [4.78, 5) is 24.8. The summed E-state index contributed by atoms with van der Waals surface area (Å²) >= 11 is 1.45. The summed E-state index contributed by atoms with van der Waals surface area (Å²) in [5, 5.41) is 12.5. The van der Waals surface area contributed by atoms with E-state index in [-0.39, 0.29) is 18.9 Å². The third kappa shape index (κ3) is 3.24. The Labute approximate surface area is 121 Å². The molecule has 1 amide bonds. The van der Waals surface area contributed by atoms with Crippen LogP contribution in [0.25, 0.3) is 0 Å². The van der Waals surface area contributed by atoms with Crippen molar-refractivity contribution in [2.24, 2.45) is 0 Å². The van der Waals surface area contributed by atoms with Crippen LogP contribution < -0.4 is 4.90 Å². The predicted octanol–water partition coefficient (Wildman–Crippen LogP) is 3.18. The number of aliphatic carboxylic acids is 1. The van der Waals surface area contributed by atoms with Gasteiger partial charge in [0.2, 0.25) is 0 Å². The molecular formula is C15H15NO3S. The quantitative estimate of drug-likeness (QED) is 0.919. The Hall–Kier alpha value is -2.14. The summed E-state index contributed by atoms with van der Waals surface area (Å²) in [6.07, 6.45) is -0.0792. The van der Waals surface area contributed by atoms with Crippen molar-refractivity contribution in [1.29, 1.82) is 0 Å². The van der Waals surface area contributed by atoms with E-state index in [4.69, 9.17) is 5.11 Å². The number of benzene rings is 1. The molecule has 0 spiro atoms. The van der Waals surface area contributed by atoms with Crippen LogP contribution in [0.15, 0.2) is 41.1 Å². The van der Waals surface area contributed by atoms with Gasteiger partial charge in [-0.25, -0.2) is 0 Å². The topological polar surface area (TPSA) is 57.6 Å². The Morgan fingerprint density at radius 2 is 2.00 bits per heavy atom. The molecular weight excluding hydrogens is 274 g/mol. The van der Waals surface area contributed by atoms with Gasteiger partial charge in [0.05, 0.1) is 12.0 Å². The van der Waals surface area contributed by atoms with Gasteiger partial charge in [0.25, 0.3) is 5.91 Å². The minimum atomic E-state index is -0.915. The maximum atomic E-state index is 12.5. The summed E-state index contributed by atoms with van der Waals surface area (Å²) in [6, 6.07) is 9.23. The summed E-state index contributed by atoms with van der Waals surface area (Å²) in [5.41, 5.74) is 2.29. The molecule has 0 atom stereocenters. The molecule has 104 valence electrons. The monoisotopic (exact) mass is 289 g/mol. The van der Waals surface area contributed by atoms with Crippen molar-refractivity contribution in [1.82, 2.24) is 0 Å². The summed E-state index contributed by atoms with van der Waals surface area (Å²) in [6.45, 7) is 2.07. The number of carbonyl (C=O) groups excluding carboxylic acids is 1. The lowest BCUT2D eigenvalue weighted by Crippen LogP contribution is -2.33. The largest absolute Gasteiger partial charge is 0.481 e. The Bertz CT molecular complexity index is 607. The van der Waals surface area contributed by atoms with Crippen molar-refractivity contribution in [3.05, 3.63) is 52.2 Å². The van der Waals surface area contributed by atoms with E-state index in [2.05, 4.69) is 0 Å². The number of carboxylic acid groups (broad SMARTS) is 1. The molecule has 2 aromatic rings. The van der Waals surface area contributed by atoms with Crippen molar-refractivity contribution in [2.45, 2.75) is 13.3 Å². The number of anilines is 1. The molecule has 0 aliphatic rings. The number of aryl methyl sites for hydroxylation is 1. The van der Waals surface area contributed by atoms with Crippen molar-refractivity contribution < 1.29 is 14.7 Å². The van der Waals surface area contributed by atoms with E-state index >= 15 is 0 Å². The molecule has 0 aliphatic heterocycles. The Balaban J connectivity index is 2.32. The fraction of sp³-hybridized carbons (Fsp3) is 0.200. The van der Waals surface area contributed by atoms with Gasteiger partial charge < -0.3 is 10.0 Å². The number of carbonyl (C=O) groups is 2. The number of thiophene rings is 1. The van der Waals surface area contributed by atoms with E-state index in [1.54, 1.807) is 11.4 Å². The van der Waals surface area contributed by atoms with Gasteiger partial charge in [-0.15, -0.1) is 0 Å². The zero-order valence-electron chi connectivity index (χ0n) is 11.1. The molecule has 1 aromatic heterocycles. The van der Waals surface area contributed by atoms with Crippen LogP contribution in [-0.2, 0) is 4.79 Å². The maximum absolute atomic E-state index is 12.5.